The van der Waals surface area contributed by atoms with E-state index in [4.69, 9.17) is 9.15 Å². The lowest BCUT2D eigenvalue weighted by Crippen LogP contribution is -2.52. The van der Waals surface area contributed by atoms with E-state index < -0.39 is 6.04 Å². The summed E-state index contributed by atoms with van der Waals surface area (Å²) in [6, 6.07) is 3.36. The highest BCUT2D eigenvalue weighted by molar-refractivity contribution is 5.90. The van der Waals surface area contributed by atoms with E-state index >= 15 is 0 Å². The smallest absolute Gasteiger partial charge is 0.242 e. The van der Waals surface area contributed by atoms with Gasteiger partial charge in [0.1, 0.15) is 17.6 Å². The van der Waals surface area contributed by atoms with Gasteiger partial charge in [0.25, 0.3) is 0 Å². The number of rotatable bonds is 7. The molecular formula is C23H35N3O4. The molecule has 3 fully saturated rings. The van der Waals surface area contributed by atoms with E-state index in [1.807, 2.05) is 19.1 Å². The Hall–Kier alpha value is -1.86. The van der Waals surface area contributed by atoms with Crippen LogP contribution >= 0.6 is 0 Å². The van der Waals surface area contributed by atoms with Crippen LogP contribution in [0.25, 0.3) is 0 Å². The Bertz CT molecular complexity index is 735. The van der Waals surface area contributed by atoms with E-state index in [0.29, 0.717) is 25.9 Å². The summed E-state index contributed by atoms with van der Waals surface area (Å²) >= 11 is 0. The molecule has 4 heterocycles. The first-order chi connectivity index (χ1) is 14.5. The second-order valence-electron chi connectivity index (χ2n) is 9.26. The SMILES string of the molecule is Cc1ccc(CN2C(=O)CCC2C(=O)NCC2(CN3CCCCC3)CCOCC2)o1. The lowest BCUT2D eigenvalue weighted by molar-refractivity contribution is -0.136. The van der Waals surface area contributed by atoms with Crippen molar-refractivity contribution in [2.24, 2.45) is 5.41 Å². The van der Waals surface area contributed by atoms with Crippen LogP contribution in [0.4, 0.5) is 0 Å². The molecule has 0 spiro atoms. The first-order valence-corrected chi connectivity index (χ1v) is 11.5. The summed E-state index contributed by atoms with van der Waals surface area (Å²) in [6.45, 7) is 7.76. The zero-order chi connectivity index (χ0) is 21.0. The highest BCUT2D eigenvalue weighted by atomic mass is 16.5. The molecule has 30 heavy (non-hydrogen) atoms. The Morgan fingerprint density at radius 2 is 1.97 bits per heavy atom. The predicted octanol–water partition coefficient (Wildman–Crippen LogP) is 2.48. The van der Waals surface area contributed by atoms with Crippen molar-refractivity contribution in [1.29, 1.82) is 0 Å². The third-order valence-electron chi connectivity index (χ3n) is 6.95. The van der Waals surface area contributed by atoms with Crippen molar-refractivity contribution in [3.05, 3.63) is 23.7 Å². The van der Waals surface area contributed by atoms with Crippen LogP contribution in [0.5, 0.6) is 0 Å². The molecule has 3 aliphatic rings. The quantitative estimate of drug-likeness (QED) is 0.738. The molecule has 1 aromatic rings. The summed E-state index contributed by atoms with van der Waals surface area (Å²) in [4.78, 5) is 29.7. The van der Waals surface area contributed by atoms with Crippen molar-refractivity contribution in [1.82, 2.24) is 15.1 Å². The Morgan fingerprint density at radius 1 is 1.20 bits per heavy atom. The van der Waals surface area contributed by atoms with Crippen LogP contribution < -0.4 is 5.32 Å². The molecule has 0 bridgehead atoms. The number of hydrogen-bond acceptors (Lipinski definition) is 5. The molecule has 2 amide bonds. The van der Waals surface area contributed by atoms with Gasteiger partial charge in [-0.1, -0.05) is 6.42 Å². The molecule has 4 rings (SSSR count). The molecule has 0 aliphatic carbocycles. The average Bonchev–Trinajstić information content (AvgIpc) is 3.33. The number of aryl methyl sites for hydroxylation is 1. The van der Waals surface area contributed by atoms with E-state index in [2.05, 4.69) is 10.2 Å². The standard InChI is InChI=1S/C23H35N3O4/c1-18-5-6-19(30-18)15-26-20(7-8-21(26)27)22(28)24-16-23(9-13-29-14-10-23)17-25-11-3-2-4-12-25/h5-6,20H,2-4,7-17H2,1H3,(H,24,28). The van der Waals surface area contributed by atoms with Gasteiger partial charge in [-0.25, -0.2) is 0 Å². The maximum Gasteiger partial charge on any atom is 0.242 e. The first kappa shape index (κ1) is 21.4. The minimum absolute atomic E-state index is 0.0262. The number of nitrogens with one attached hydrogen (secondary N) is 1. The molecule has 0 radical (unpaired) electrons. The fourth-order valence-electron chi connectivity index (χ4n) is 5.12. The number of amides is 2. The van der Waals surface area contributed by atoms with Crippen LogP contribution in [0.1, 0.15) is 56.5 Å². The topological polar surface area (TPSA) is 75.0 Å². The molecular weight excluding hydrogens is 382 g/mol. The average molecular weight is 418 g/mol. The van der Waals surface area contributed by atoms with Gasteiger partial charge in [0, 0.05) is 38.1 Å². The second kappa shape index (κ2) is 9.52. The van der Waals surface area contributed by atoms with Gasteiger partial charge in [0.15, 0.2) is 0 Å². The summed E-state index contributed by atoms with van der Waals surface area (Å²) in [5.74, 6) is 1.54. The summed E-state index contributed by atoms with van der Waals surface area (Å²) in [6.07, 6.45) is 6.81. The van der Waals surface area contributed by atoms with Crippen LogP contribution in [0.2, 0.25) is 0 Å². The van der Waals surface area contributed by atoms with E-state index in [0.717, 1.165) is 57.2 Å². The highest BCUT2D eigenvalue weighted by Crippen LogP contribution is 2.32. The highest BCUT2D eigenvalue weighted by Gasteiger charge is 2.39. The van der Waals surface area contributed by atoms with Crippen molar-refractivity contribution in [3.63, 3.8) is 0 Å². The number of hydrogen-bond donors (Lipinski definition) is 1. The molecule has 0 aromatic carbocycles. The van der Waals surface area contributed by atoms with Crippen molar-refractivity contribution >= 4 is 11.8 Å². The fourth-order valence-corrected chi connectivity index (χ4v) is 5.12. The third-order valence-corrected chi connectivity index (χ3v) is 6.95. The van der Waals surface area contributed by atoms with Gasteiger partial charge >= 0.3 is 0 Å². The maximum atomic E-state index is 13.1. The predicted molar refractivity (Wildman–Crippen MR) is 113 cm³/mol. The van der Waals surface area contributed by atoms with Crippen LogP contribution in [0.15, 0.2) is 16.5 Å². The summed E-state index contributed by atoms with van der Waals surface area (Å²) in [5.41, 5.74) is 0.0663. The monoisotopic (exact) mass is 417 g/mol. The maximum absolute atomic E-state index is 13.1. The minimum atomic E-state index is -0.408. The normalized spacial score (nSPS) is 24.9. The van der Waals surface area contributed by atoms with Gasteiger partial charge in [0.2, 0.25) is 11.8 Å². The van der Waals surface area contributed by atoms with Gasteiger partial charge in [-0.2, -0.15) is 0 Å². The number of likely N-dealkylation sites (tertiary alicyclic amines) is 2. The summed E-state index contributed by atoms with van der Waals surface area (Å²) < 4.78 is 11.3. The molecule has 1 unspecified atom stereocenters. The summed E-state index contributed by atoms with van der Waals surface area (Å²) in [5, 5.41) is 3.22. The first-order valence-electron chi connectivity index (χ1n) is 11.5. The van der Waals surface area contributed by atoms with Crippen molar-refractivity contribution in [2.45, 2.75) is 64.5 Å². The number of furan rings is 1. The molecule has 1 N–H and O–H groups in total. The number of ether oxygens (including phenoxy) is 1. The fraction of sp³-hybridized carbons (Fsp3) is 0.739. The van der Waals surface area contributed by atoms with E-state index in [1.54, 1.807) is 4.90 Å². The van der Waals surface area contributed by atoms with Gasteiger partial charge in [-0.15, -0.1) is 0 Å². The Morgan fingerprint density at radius 3 is 2.67 bits per heavy atom. The molecule has 7 nitrogen and oxygen atoms in total. The number of nitrogens with zero attached hydrogens (tertiary/aromatic N) is 2. The van der Waals surface area contributed by atoms with Crippen LogP contribution in [0, 0.1) is 12.3 Å². The van der Waals surface area contributed by atoms with Crippen molar-refractivity contribution < 1.29 is 18.7 Å². The Labute approximate surface area is 179 Å². The second-order valence-corrected chi connectivity index (χ2v) is 9.26. The molecule has 166 valence electrons. The minimum Gasteiger partial charge on any atom is -0.464 e. The zero-order valence-corrected chi connectivity index (χ0v) is 18.2. The number of piperidine rings is 1. The van der Waals surface area contributed by atoms with Gasteiger partial charge in [-0.05, 0) is 64.3 Å². The van der Waals surface area contributed by atoms with Gasteiger partial charge < -0.3 is 24.3 Å². The van der Waals surface area contributed by atoms with E-state index in [-0.39, 0.29) is 17.2 Å². The lowest BCUT2D eigenvalue weighted by atomic mass is 9.79. The third kappa shape index (κ3) is 5.06. The zero-order valence-electron chi connectivity index (χ0n) is 18.2. The van der Waals surface area contributed by atoms with Crippen molar-refractivity contribution in [3.8, 4) is 0 Å². The van der Waals surface area contributed by atoms with Crippen LogP contribution in [-0.4, -0.2) is 67.0 Å². The largest absolute Gasteiger partial charge is 0.464 e. The van der Waals surface area contributed by atoms with Crippen LogP contribution in [0.3, 0.4) is 0 Å². The van der Waals surface area contributed by atoms with Gasteiger partial charge in [-0.3, -0.25) is 9.59 Å². The van der Waals surface area contributed by atoms with Gasteiger partial charge in [0.05, 0.1) is 6.54 Å². The van der Waals surface area contributed by atoms with Crippen molar-refractivity contribution in [2.75, 3.05) is 39.4 Å². The van der Waals surface area contributed by atoms with E-state index in [9.17, 15) is 9.59 Å². The lowest BCUT2D eigenvalue weighted by Gasteiger charge is -2.42. The molecule has 3 saturated heterocycles. The number of carbonyl (C=O) groups excluding carboxylic acids is 2. The molecule has 0 saturated carbocycles. The number of carbonyl (C=O) groups is 2. The molecule has 3 aliphatic heterocycles. The van der Waals surface area contributed by atoms with Crippen LogP contribution in [-0.2, 0) is 20.9 Å². The molecule has 7 heteroatoms. The molecule has 1 atom stereocenters. The Kier molecular flexibility index (Phi) is 6.78. The summed E-state index contributed by atoms with van der Waals surface area (Å²) in [7, 11) is 0. The van der Waals surface area contributed by atoms with E-state index in [1.165, 1.54) is 19.3 Å². The molecule has 1 aromatic heterocycles. The Balaban J connectivity index is 1.37.